The van der Waals surface area contributed by atoms with Crippen LogP contribution in [0.3, 0.4) is 0 Å². The molecule has 86 valence electrons. The Kier molecular flexibility index (Phi) is 4.23. The first-order valence-electron chi connectivity index (χ1n) is 5.52. The Labute approximate surface area is 96.1 Å². The number of hydrogen-bond acceptors (Lipinski definition) is 2. The molecule has 0 bridgehead atoms. The molecule has 3 nitrogen and oxygen atoms in total. The molecule has 1 aromatic rings. The minimum Gasteiger partial charge on any atom is -0.274 e. The third-order valence-corrected chi connectivity index (χ3v) is 2.40. The van der Waals surface area contributed by atoms with E-state index in [9.17, 15) is 9.59 Å². The Morgan fingerprint density at radius 1 is 1.00 bits per heavy atom. The number of carbonyl (C=O) groups excluding carboxylic acids is 2. The third-order valence-electron chi connectivity index (χ3n) is 2.40. The van der Waals surface area contributed by atoms with Crippen LogP contribution in [0.1, 0.15) is 32.3 Å². The summed E-state index contributed by atoms with van der Waals surface area (Å²) < 4.78 is 0. The highest BCUT2D eigenvalue weighted by Gasteiger charge is 2.19. The van der Waals surface area contributed by atoms with E-state index in [0.29, 0.717) is 18.5 Å². The first-order valence-corrected chi connectivity index (χ1v) is 5.52. The predicted octanol–water partition coefficient (Wildman–Crippen LogP) is 2.67. The van der Waals surface area contributed by atoms with Crippen LogP contribution in [0.4, 0.5) is 5.69 Å². The zero-order valence-corrected chi connectivity index (χ0v) is 9.99. The van der Waals surface area contributed by atoms with Gasteiger partial charge in [0.15, 0.2) is 0 Å². The normalized spacial score (nSPS) is 9.94. The van der Waals surface area contributed by atoms with Crippen LogP contribution in [0.15, 0.2) is 24.3 Å². The molecule has 0 spiro atoms. The number of rotatable bonds is 3. The van der Waals surface area contributed by atoms with Gasteiger partial charge in [0.2, 0.25) is 11.8 Å². The highest BCUT2D eigenvalue weighted by Crippen LogP contribution is 2.17. The van der Waals surface area contributed by atoms with E-state index in [1.165, 1.54) is 4.90 Å². The molecule has 0 fully saturated rings. The zero-order chi connectivity index (χ0) is 12.1. The summed E-state index contributed by atoms with van der Waals surface area (Å²) in [6.45, 7) is 5.48. The summed E-state index contributed by atoms with van der Waals surface area (Å²) in [6, 6.07) is 7.40. The molecule has 0 aliphatic carbocycles. The van der Waals surface area contributed by atoms with E-state index in [4.69, 9.17) is 0 Å². The fourth-order valence-electron chi connectivity index (χ4n) is 1.44. The molecule has 3 heteroatoms. The summed E-state index contributed by atoms with van der Waals surface area (Å²) in [4.78, 5) is 24.7. The van der Waals surface area contributed by atoms with E-state index in [-0.39, 0.29) is 11.8 Å². The van der Waals surface area contributed by atoms with Crippen LogP contribution in [0.2, 0.25) is 0 Å². The van der Waals surface area contributed by atoms with Gasteiger partial charge in [-0.15, -0.1) is 0 Å². The fourth-order valence-corrected chi connectivity index (χ4v) is 1.44. The molecule has 0 saturated carbocycles. The van der Waals surface area contributed by atoms with Gasteiger partial charge in [-0.3, -0.25) is 14.5 Å². The van der Waals surface area contributed by atoms with Crippen molar-refractivity contribution in [1.82, 2.24) is 0 Å². The quantitative estimate of drug-likeness (QED) is 0.783. The topological polar surface area (TPSA) is 37.4 Å². The van der Waals surface area contributed by atoms with Gasteiger partial charge >= 0.3 is 0 Å². The van der Waals surface area contributed by atoms with E-state index in [0.717, 1.165) is 5.56 Å². The SMILES string of the molecule is CCC(=O)N(C(=O)CC)c1ccc(C)cc1. The van der Waals surface area contributed by atoms with Gasteiger partial charge in [-0.05, 0) is 19.1 Å². The second-order valence-corrected chi connectivity index (χ2v) is 3.67. The van der Waals surface area contributed by atoms with Crippen molar-refractivity contribution in [3.8, 4) is 0 Å². The standard InChI is InChI=1S/C13H17NO2/c1-4-12(15)14(13(16)5-2)11-8-6-10(3)7-9-11/h6-9H,4-5H2,1-3H3. The molecule has 1 aromatic carbocycles. The second-order valence-electron chi connectivity index (χ2n) is 3.67. The lowest BCUT2D eigenvalue weighted by Gasteiger charge is -2.19. The van der Waals surface area contributed by atoms with Crippen molar-refractivity contribution >= 4 is 17.5 Å². The largest absolute Gasteiger partial charge is 0.274 e. The van der Waals surface area contributed by atoms with Crippen molar-refractivity contribution in [3.63, 3.8) is 0 Å². The van der Waals surface area contributed by atoms with Gasteiger partial charge in [0, 0.05) is 12.8 Å². The number of benzene rings is 1. The van der Waals surface area contributed by atoms with Gasteiger partial charge in [0.25, 0.3) is 0 Å². The van der Waals surface area contributed by atoms with Gasteiger partial charge in [-0.1, -0.05) is 31.5 Å². The zero-order valence-electron chi connectivity index (χ0n) is 9.99. The van der Waals surface area contributed by atoms with E-state index in [1.54, 1.807) is 26.0 Å². The monoisotopic (exact) mass is 219 g/mol. The summed E-state index contributed by atoms with van der Waals surface area (Å²) in [6.07, 6.45) is 0.666. The van der Waals surface area contributed by atoms with Gasteiger partial charge in [0.05, 0.1) is 5.69 Å². The Hall–Kier alpha value is -1.64. The van der Waals surface area contributed by atoms with Crippen LogP contribution in [0.25, 0.3) is 0 Å². The smallest absolute Gasteiger partial charge is 0.233 e. The van der Waals surface area contributed by atoms with Crippen molar-refractivity contribution in [1.29, 1.82) is 0 Å². The third kappa shape index (κ3) is 2.69. The predicted molar refractivity (Wildman–Crippen MR) is 64.3 cm³/mol. The lowest BCUT2D eigenvalue weighted by atomic mass is 10.2. The summed E-state index contributed by atoms with van der Waals surface area (Å²) in [5, 5.41) is 0. The summed E-state index contributed by atoms with van der Waals surface area (Å²) in [7, 11) is 0. The Balaban J connectivity index is 3.06. The van der Waals surface area contributed by atoms with Gasteiger partial charge in [-0.2, -0.15) is 0 Å². The molecule has 1 rings (SSSR count). The number of amides is 2. The first kappa shape index (κ1) is 12.4. The van der Waals surface area contributed by atoms with Crippen LogP contribution in [-0.4, -0.2) is 11.8 Å². The van der Waals surface area contributed by atoms with E-state index >= 15 is 0 Å². The minimum absolute atomic E-state index is 0.157. The number of carbonyl (C=O) groups is 2. The van der Waals surface area contributed by atoms with Crippen LogP contribution in [0, 0.1) is 6.92 Å². The van der Waals surface area contributed by atoms with E-state index in [2.05, 4.69) is 0 Å². The summed E-state index contributed by atoms with van der Waals surface area (Å²) in [5.74, 6) is -0.314. The van der Waals surface area contributed by atoms with Crippen molar-refractivity contribution in [2.75, 3.05) is 4.90 Å². The molecule has 0 atom stereocenters. The molecular weight excluding hydrogens is 202 g/mol. The fraction of sp³-hybridized carbons (Fsp3) is 0.385. The van der Waals surface area contributed by atoms with Crippen molar-refractivity contribution in [3.05, 3.63) is 29.8 Å². The average Bonchev–Trinajstić information content (AvgIpc) is 2.31. The minimum atomic E-state index is -0.157. The first-order chi connectivity index (χ1) is 7.60. The molecule has 16 heavy (non-hydrogen) atoms. The summed E-state index contributed by atoms with van der Waals surface area (Å²) >= 11 is 0. The van der Waals surface area contributed by atoms with Gasteiger partial charge in [0.1, 0.15) is 0 Å². The number of anilines is 1. The van der Waals surface area contributed by atoms with Crippen molar-refractivity contribution < 1.29 is 9.59 Å². The van der Waals surface area contributed by atoms with Crippen LogP contribution >= 0.6 is 0 Å². The van der Waals surface area contributed by atoms with Crippen LogP contribution in [-0.2, 0) is 9.59 Å². The van der Waals surface area contributed by atoms with Crippen LogP contribution < -0.4 is 4.90 Å². The van der Waals surface area contributed by atoms with E-state index in [1.807, 2.05) is 19.1 Å². The highest BCUT2D eigenvalue weighted by molar-refractivity contribution is 6.14. The Morgan fingerprint density at radius 3 is 1.81 bits per heavy atom. The second kappa shape index (κ2) is 5.45. The molecule has 0 radical (unpaired) electrons. The van der Waals surface area contributed by atoms with E-state index < -0.39 is 0 Å². The number of hydrogen-bond donors (Lipinski definition) is 0. The lowest BCUT2D eigenvalue weighted by molar-refractivity contribution is -0.126. The summed E-state index contributed by atoms with van der Waals surface area (Å²) in [5.41, 5.74) is 1.76. The van der Waals surface area contributed by atoms with Gasteiger partial charge < -0.3 is 0 Å². The maximum Gasteiger partial charge on any atom is 0.233 e. The Morgan fingerprint density at radius 2 is 1.44 bits per heavy atom. The van der Waals surface area contributed by atoms with Crippen LogP contribution in [0.5, 0.6) is 0 Å². The molecular formula is C13H17NO2. The number of aryl methyl sites for hydroxylation is 1. The molecule has 0 aliphatic rings. The molecule has 0 N–H and O–H groups in total. The Bertz CT molecular complexity index is 365. The molecule has 0 aromatic heterocycles. The maximum atomic E-state index is 11.7. The molecule has 0 saturated heterocycles. The molecule has 0 heterocycles. The number of imide groups is 1. The van der Waals surface area contributed by atoms with Gasteiger partial charge in [-0.25, -0.2) is 0 Å². The lowest BCUT2D eigenvalue weighted by Crippen LogP contribution is -2.35. The highest BCUT2D eigenvalue weighted by atomic mass is 16.2. The molecule has 0 unspecified atom stereocenters. The molecule has 2 amide bonds. The molecule has 0 aliphatic heterocycles. The van der Waals surface area contributed by atoms with Crippen molar-refractivity contribution in [2.45, 2.75) is 33.6 Å². The average molecular weight is 219 g/mol. The maximum absolute atomic E-state index is 11.7. The number of nitrogens with zero attached hydrogens (tertiary/aromatic N) is 1. The van der Waals surface area contributed by atoms with Crippen molar-refractivity contribution in [2.24, 2.45) is 0 Å².